The lowest BCUT2D eigenvalue weighted by Gasteiger charge is -2.37. The standard InChI is InChI=1S/C16H22N2O3/c1-4-21-16(2,3)11-18-10-13(19)17-14(15(18)20)12-8-6-5-7-9-12/h5-9,14H,4,10-11H2,1-3H3,(H,17,19). The summed E-state index contributed by atoms with van der Waals surface area (Å²) in [4.78, 5) is 26.1. The summed E-state index contributed by atoms with van der Waals surface area (Å²) in [5.41, 5.74) is 0.332. The third-order valence-corrected chi connectivity index (χ3v) is 3.44. The Hall–Kier alpha value is -1.88. The summed E-state index contributed by atoms with van der Waals surface area (Å²) >= 11 is 0. The van der Waals surface area contributed by atoms with Crippen molar-refractivity contribution in [1.29, 1.82) is 0 Å². The Bertz CT molecular complexity index is 514. The molecular weight excluding hydrogens is 268 g/mol. The summed E-state index contributed by atoms with van der Waals surface area (Å²) in [6.45, 7) is 6.82. The first-order valence-electron chi connectivity index (χ1n) is 7.20. The van der Waals surface area contributed by atoms with Crippen molar-refractivity contribution in [1.82, 2.24) is 10.2 Å². The Labute approximate surface area is 125 Å². The van der Waals surface area contributed by atoms with Gasteiger partial charge in [-0.25, -0.2) is 0 Å². The molecule has 114 valence electrons. The molecule has 1 aromatic carbocycles. The van der Waals surface area contributed by atoms with Crippen LogP contribution in [0.1, 0.15) is 32.4 Å². The summed E-state index contributed by atoms with van der Waals surface area (Å²) < 4.78 is 5.63. The number of carbonyl (C=O) groups is 2. The van der Waals surface area contributed by atoms with Crippen molar-refractivity contribution in [3.05, 3.63) is 35.9 Å². The summed E-state index contributed by atoms with van der Waals surface area (Å²) in [6, 6.07) is 8.69. The van der Waals surface area contributed by atoms with Gasteiger partial charge in [0.1, 0.15) is 6.04 Å². The average molecular weight is 290 g/mol. The van der Waals surface area contributed by atoms with Crippen LogP contribution in [-0.4, -0.2) is 42.0 Å². The molecule has 1 atom stereocenters. The number of hydrogen-bond donors (Lipinski definition) is 1. The van der Waals surface area contributed by atoms with Gasteiger partial charge >= 0.3 is 0 Å². The number of rotatable bonds is 5. The minimum Gasteiger partial charge on any atom is -0.374 e. The number of piperazine rings is 1. The molecule has 2 amide bonds. The largest absolute Gasteiger partial charge is 0.374 e. The fraction of sp³-hybridized carbons (Fsp3) is 0.500. The van der Waals surface area contributed by atoms with Crippen molar-refractivity contribution < 1.29 is 14.3 Å². The maximum Gasteiger partial charge on any atom is 0.250 e. The maximum absolute atomic E-state index is 12.6. The molecule has 2 rings (SSSR count). The number of carbonyl (C=O) groups excluding carboxylic acids is 2. The molecular formula is C16H22N2O3. The average Bonchev–Trinajstić information content (AvgIpc) is 2.43. The zero-order valence-electron chi connectivity index (χ0n) is 12.8. The molecule has 0 bridgehead atoms. The smallest absolute Gasteiger partial charge is 0.250 e. The van der Waals surface area contributed by atoms with Crippen LogP contribution >= 0.6 is 0 Å². The van der Waals surface area contributed by atoms with Crippen LogP contribution in [0.25, 0.3) is 0 Å². The number of nitrogens with one attached hydrogen (secondary N) is 1. The van der Waals surface area contributed by atoms with Gasteiger partial charge in [0.05, 0.1) is 12.1 Å². The third-order valence-electron chi connectivity index (χ3n) is 3.44. The molecule has 1 heterocycles. The van der Waals surface area contributed by atoms with E-state index in [1.54, 1.807) is 4.90 Å². The second-order valence-electron chi connectivity index (χ2n) is 5.80. The van der Waals surface area contributed by atoms with Gasteiger partial charge < -0.3 is 15.0 Å². The summed E-state index contributed by atoms with van der Waals surface area (Å²) in [5, 5.41) is 2.76. The lowest BCUT2D eigenvalue weighted by molar-refractivity contribution is -0.148. The first-order valence-corrected chi connectivity index (χ1v) is 7.20. The maximum atomic E-state index is 12.6. The van der Waals surface area contributed by atoms with E-state index < -0.39 is 11.6 Å². The normalized spacial score (nSPS) is 19.6. The van der Waals surface area contributed by atoms with Crippen molar-refractivity contribution in [2.24, 2.45) is 0 Å². The molecule has 1 aliphatic heterocycles. The van der Waals surface area contributed by atoms with Crippen molar-refractivity contribution in [2.45, 2.75) is 32.4 Å². The van der Waals surface area contributed by atoms with Crippen molar-refractivity contribution in [3.63, 3.8) is 0 Å². The van der Waals surface area contributed by atoms with E-state index in [1.165, 1.54) is 0 Å². The highest BCUT2D eigenvalue weighted by Gasteiger charge is 2.36. The third kappa shape index (κ3) is 3.82. The number of hydrogen-bond acceptors (Lipinski definition) is 3. The Morgan fingerprint density at radius 1 is 1.29 bits per heavy atom. The highest BCUT2D eigenvalue weighted by Crippen LogP contribution is 2.21. The molecule has 1 aromatic rings. The molecule has 1 N–H and O–H groups in total. The lowest BCUT2D eigenvalue weighted by Crippen LogP contribution is -2.56. The first-order chi connectivity index (χ1) is 9.93. The fourth-order valence-corrected chi connectivity index (χ4v) is 2.60. The zero-order valence-corrected chi connectivity index (χ0v) is 12.8. The molecule has 1 fully saturated rings. The number of ether oxygens (including phenoxy) is 1. The van der Waals surface area contributed by atoms with E-state index in [2.05, 4.69) is 5.32 Å². The van der Waals surface area contributed by atoms with E-state index in [-0.39, 0.29) is 18.4 Å². The molecule has 5 nitrogen and oxygen atoms in total. The molecule has 0 aromatic heterocycles. The van der Waals surface area contributed by atoms with E-state index in [9.17, 15) is 9.59 Å². The van der Waals surface area contributed by atoms with E-state index in [0.717, 1.165) is 5.56 Å². The Morgan fingerprint density at radius 3 is 2.57 bits per heavy atom. The van der Waals surface area contributed by atoms with Gasteiger partial charge in [-0.3, -0.25) is 9.59 Å². The Morgan fingerprint density at radius 2 is 1.95 bits per heavy atom. The van der Waals surface area contributed by atoms with E-state index in [1.807, 2.05) is 51.1 Å². The first kappa shape index (κ1) is 15.5. The molecule has 1 saturated heterocycles. The van der Waals surface area contributed by atoms with E-state index in [4.69, 9.17) is 4.74 Å². The van der Waals surface area contributed by atoms with Crippen LogP contribution in [-0.2, 0) is 14.3 Å². The van der Waals surface area contributed by atoms with Gasteiger partial charge in [-0.2, -0.15) is 0 Å². The highest BCUT2D eigenvalue weighted by atomic mass is 16.5. The van der Waals surface area contributed by atoms with E-state index >= 15 is 0 Å². The molecule has 0 aliphatic carbocycles. The second kappa shape index (κ2) is 6.26. The van der Waals surface area contributed by atoms with Crippen molar-refractivity contribution >= 4 is 11.8 Å². The molecule has 0 radical (unpaired) electrons. The molecule has 0 saturated carbocycles. The van der Waals surface area contributed by atoms with Crippen molar-refractivity contribution in [2.75, 3.05) is 19.7 Å². The zero-order chi connectivity index (χ0) is 15.5. The monoisotopic (exact) mass is 290 g/mol. The van der Waals surface area contributed by atoms with Crippen LogP contribution in [0.2, 0.25) is 0 Å². The predicted octanol–water partition coefficient (Wildman–Crippen LogP) is 1.50. The number of nitrogens with zero attached hydrogens (tertiary/aromatic N) is 1. The molecule has 1 aliphatic rings. The van der Waals surface area contributed by atoms with Gasteiger partial charge in [-0.15, -0.1) is 0 Å². The van der Waals surface area contributed by atoms with Crippen LogP contribution in [0.5, 0.6) is 0 Å². The lowest BCUT2D eigenvalue weighted by atomic mass is 10.0. The minimum atomic E-state index is -0.607. The van der Waals surface area contributed by atoms with Crippen LogP contribution in [0, 0.1) is 0 Å². The van der Waals surface area contributed by atoms with Crippen LogP contribution in [0.3, 0.4) is 0 Å². The minimum absolute atomic E-state index is 0.0820. The quantitative estimate of drug-likeness (QED) is 0.894. The summed E-state index contributed by atoms with van der Waals surface area (Å²) in [7, 11) is 0. The Kier molecular flexibility index (Phi) is 4.63. The fourth-order valence-electron chi connectivity index (χ4n) is 2.60. The van der Waals surface area contributed by atoms with E-state index in [0.29, 0.717) is 13.2 Å². The highest BCUT2D eigenvalue weighted by molar-refractivity contribution is 5.95. The Balaban J connectivity index is 2.16. The number of benzene rings is 1. The van der Waals surface area contributed by atoms with Crippen molar-refractivity contribution in [3.8, 4) is 0 Å². The van der Waals surface area contributed by atoms with Crippen LogP contribution in [0.15, 0.2) is 30.3 Å². The van der Waals surface area contributed by atoms with Gasteiger partial charge in [0.2, 0.25) is 11.8 Å². The van der Waals surface area contributed by atoms with Crippen LogP contribution < -0.4 is 5.32 Å². The van der Waals surface area contributed by atoms with Crippen LogP contribution in [0.4, 0.5) is 0 Å². The predicted molar refractivity (Wildman–Crippen MR) is 79.6 cm³/mol. The summed E-state index contributed by atoms with van der Waals surface area (Å²) in [5.74, 6) is -0.232. The molecule has 1 unspecified atom stereocenters. The van der Waals surface area contributed by atoms with Gasteiger partial charge in [-0.05, 0) is 26.3 Å². The topological polar surface area (TPSA) is 58.6 Å². The molecule has 21 heavy (non-hydrogen) atoms. The SMILES string of the molecule is CCOC(C)(C)CN1CC(=O)NC(c2ccccc2)C1=O. The van der Waals surface area contributed by atoms with Gasteiger partial charge in [0.25, 0.3) is 0 Å². The van der Waals surface area contributed by atoms with Gasteiger partial charge in [0, 0.05) is 13.2 Å². The van der Waals surface area contributed by atoms with Gasteiger partial charge in [-0.1, -0.05) is 30.3 Å². The summed E-state index contributed by atoms with van der Waals surface area (Å²) in [6.07, 6.45) is 0. The second-order valence-corrected chi connectivity index (χ2v) is 5.80. The molecule has 5 heteroatoms. The number of amides is 2. The van der Waals surface area contributed by atoms with Gasteiger partial charge in [0.15, 0.2) is 0 Å². The molecule has 0 spiro atoms.